The van der Waals surface area contributed by atoms with Crippen LogP contribution in [0.4, 0.5) is 0 Å². The van der Waals surface area contributed by atoms with Gasteiger partial charge in [0.15, 0.2) is 0 Å². The molecule has 7 heavy (non-hydrogen) atoms. The van der Waals surface area contributed by atoms with Gasteiger partial charge in [-0.25, -0.2) is 0 Å². The number of hydrogen-bond donors (Lipinski definition) is 0. The number of hydrogen-bond acceptors (Lipinski definition) is 3. The maximum absolute atomic E-state index is 8.79. The van der Waals surface area contributed by atoms with E-state index in [0.29, 0.717) is 0 Å². The van der Waals surface area contributed by atoms with E-state index in [0.717, 1.165) is 0 Å². The first-order valence-corrected chi connectivity index (χ1v) is 1.18. The van der Waals surface area contributed by atoms with Crippen LogP contribution in [0.1, 0.15) is 0 Å². The van der Waals surface area contributed by atoms with E-state index in [1.165, 1.54) is 0 Å². The molecule has 0 aromatic rings. The van der Waals surface area contributed by atoms with Gasteiger partial charge in [-0.05, 0) is 0 Å². The van der Waals surface area contributed by atoms with Gasteiger partial charge in [-0.2, -0.15) is 0 Å². The molecule has 0 aromatic carbocycles. The summed E-state index contributed by atoms with van der Waals surface area (Å²) in [5.41, 5.74) is 0. The van der Waals surface area contributed by atoms with Gasteiger partial charge in [0.2, 0.25) is 0 Å². The summed E-state index contributed by atoms with van der Waals surface area (Å²) in [5.74, 6) is 0. The summed E-state index contributed by atoms with van der Waals surface area (Å²) in [6.07, 6.45) is -2.08. The molecule has 0 saturated carbocycles. The van der Waals surface area contributed by atoms with Crippen molar-refractivity contribution in [3.05, 3.63) is 0 Å². The van der Waals surface area contributed by atoms with Gasteiger partial charge < -0.3 is 28.9 Å². The van der Waals surface area contributed by atoms with Gasteiger partial charge in [-0.15, -0.1) is 0 Å². The second kappa shape index (κ2) is 15.7. The molecule has 0 aromatic heterocycles. The SMILES string of the molecule is [Li+].[Li+].[Li+].[O-]B([O-])[S-]. The van der Waals surface area contributed by atoms with Crippen LogP contribution in [-0.2, 0) is 12.5 Å². The van der Waals surface area contributed by atoms with Crippen molar-refractivity contribution in [2.45, 2.75) is 0 Å². The van der Waals surface area contributed by atoms with E-state index in [4.69, 9.17) is 10.0 Å². The van der Waals surface area contributed by atoms with E-state index in [2.05, 4.69) is 12.5 Å². The fourth-order valence-corrected chi connectivity index (χ4v) is 0. The molecule has 0 amide bonds. The first-order chi connectivity index (χ1) is 1.73. The van der Waals surface area contributed by atoms with Crippen LogP contribution in [0.15, 0.2) is 0 Å². The molecule has 0 N–H and O–H groups in total. The van der Waals surface area contributed by atoms with Crippen LogP contribution in [-0.4, -0.2) is 6.40 Å². The molecule has 0 aliphatic rings. The summed E-state index contributed by atoms with van der Waals surface area (Å²) in [4.78, 5) is 0. The zero-order chi connectivity index (χ0) is 3.58. The molecule has 2 nitrogen and oxygen atoms in total. The number of rotatable bonds is 0. The van der Waals surface area contributed by atoms with Crippen molar-refractivity contribution in [2.75, 3.05) is 0 Å². The summed E-state index contributed by atoms with van der Waals surface area (Å²) in [6, 6.07) is 0. The summed E-state index contributed by atoms with van der Waals surface area (Å²) in [6.45, 7) is 0. The maximum atomic E-state index is 8.79. The summed E-state index contributed by atoms with van der Waals surface area (Å²) >= 11 is 3.51. The molecule has 7 heteroatoms. The first-order valence-electron chi connectivity index (χ1n) is 0.707. The van der Waals surface area contributed by atoms with E-state index < -0.39 is 6.40 Å². The largest absolute Gasteiger partial charge is 1.00 e. The zero-order valence-corrected chi connectivity index (χ0v) is 5.62. The van der Waals surface area contributed by atoms with E-state index in [1.807, 2.05) is 0 Å². The molecule has 0 saturated heterocycles. The molecule has 0 atom stereocenters. The molecule has 24 valence electrons. The Morgan fingerprint density at radius 1 is 1.00 bits per heavy atom. The Bertz CT molecular complexity index is 17.7. The first kappa shape index (κ1) is 22.9. The summed E-state index contributed by atoms with van der Waals surface area (Å²) < 4.78 is 0. The molecule has 0 aliphatic heterocycles. The van der Waals surface area contributed by atoms with Crippen LogP contribution >= 0.6 is 0 Å². The van der Waals surface area contributed by atoms with Gasteiger partial charge in [-0.1, -0.05) is 0 Å². The van der Waals surface area contributed by atoms with Crippen molar-refractivity contribution in [2.24, 2.45) is 0 Å². The molecule has 0 unspecified atom stereocenters. The Labute approximate surface area is 84.8 Å². The Balaban J connectivity index is -0.0000000150. The van der Waals surface area contributed by atoms with Crippen LogP contribution in [0.2, 0.25) is 0 Å². The summed E-state index contributed by atoms with van der Waals surface area (Å²) in [7, 11) is 0. The topological polar surface area (TPSA) is 46.1 Å². The van der Waals surface area contributed by atoms with Gasteiger partial charge in [-0.3, -0.25) is 0 Å². The minimum absolute atomic E-state index is 0. The molecule has 0 radical (unpaired) electrons. The average molecular weight is 95.7 g/mol. The van der Waals surface area contributed by atoms with E-state index in [9.17, 15) is 0 Å². The molecule has 0 bridgehead atoms. The molecule has 0 aliphatic carbocycles. The Morgan fingerprint density at radius 2 is 1.00 bits per heavy atom. The Kier molecular flexibility index (Phi) is 51.4. The zero-order valence-electron chi connectivity index (χ0n) is 4.80. The van der Waals surface area contributed by atoms with E-state index in [1.54, 1.807) is 0 Å². The third kappa shape index (κ3) is 67.4. The third-order valence-electron chi connectivity index (χ3n) is 0. The predicted molar refractivity (Wildman–Crippen MR) is 13.1 cm³/mol. The van der Waals surface area contributed by atoms with Crippen LogP contribution in [0.5, 0.6) is 0 Å². The maximum Gasteiger partial charge on any atom is 1.00 e. The minimum Gasteiger partial charge on any atom is -0.911 e. The van der Waals surface area contributed by atoms with E-state index >= 15 is 0 Å². The quantitative estimate of drug-likeness (QED) is 0.222. The smallest absolute Gasteiger partial charge is 0.911 e. The van der Waals surface area contributed by atoms with Gasteiger partial charge in [0.1, 0.15) is 0 Å². The van der Waals surface area contributed by atoms with Gasteiger partial charge in [0.25, 0.3) is 0 Å². The fourth-order valence-electron chi connectivity index (χ4n) is 0. The van der Waals surface area contributed by atoms with Crippen molar-refractivity contribution in [3.8, 4) is 0 Å². The van der Waals surface area contributed by atoms with Crippen molar-refractivity contribution < 1.29 is 66.6 Å². The van der Waals surface area contributed by atoms with Crippen LogP contribution in [0.25, 0.3) is 0 Å². The van der Waals surface area contributed by atoms with Gasteiger partial charge in [0, 0.05) is 0 Å². The molecule has 0 fully saturated rings. The molecular weight excluding hydrogens is 95.7 g/mol. The van der Waals surface area contributed by atoms with Crippen LogP contribution in [0, 0.1) is 0 Å². The van der Waals surface area contributed by atoms with Crippen molar-refractivity contribution >= 4 is 18.9 Å². The average Bonchev–Trinajstić information content (AvgIpc) is 0.811. The Hall–Kier alpha value is 2.13. The van der Waals surface area contributed by atoms with Gasteiger partial charge >= 0.3 is 56.6 Å². The molecule has 0 rings (SSSR count). The van der Waals surface area contributed by atoms with Gasteiger partial charge in [0.05, 0.1) is 0 Å². The second-order valence-corrected chi connectivity index (χ2v) is 0.674. The van der Waals surface area contributed by atoms with Crippen molar-refractivity contribution in [1.82, 2.24) is 0 Å². The van der Waals surface area contributed by atoms with E-state index in [-0.39, 0.29) is 56.6 Å². The fraction of sp³-hybridized carbons (Fsp3) is 0. The normalized spacial score (nSPS) is 3.86. The predicted octanol–water partition coefficient (Wildman–Crippen LogP) is -11.7. The van der Waals surface area contributed by atoms with Crippen molar-refractivity contribution in [1.29, 1.82) is 0 Å². The second-order valence-electron chi connectivity index (χ2n) is 0.289. The molecular formula is BLi3O2S. The van der Waals surface area contributed by atoms with Crippen LogP contribution in [0.3, 0.4) is 0 Å². The molecule has 0 spiro atoms. The minimum atomic E-state index is -2.08. The Morgan fingerprint density at radius 3 is 1.00 bits per heavy atom. The molecule has 0 heterocycles. The summed E-state index contributed by atoms with van der Waals surface area (Å²) in [5, 5.41) is 17.6. The third-order valence-corrected chi connectivity index (χ3v) is 0. The van der Waals surface area contributed by atoms with Crippen LogP contribution < -0.4 is 66.6 Å². The van der Waals surface area contributed by atoms with Crippen molar-refractivity contribution in [3.63, 3.8) is 0 Å². The standard InChI is InChI=1S/BO2S.3Li/c2-1(3)4;;;/q-3;3*+1. The monoisotopic (exact) mass is 96.0 g/mol.